The van der Waals surface area contributed by atoms with Crippen molar-refractivity contribution in [1.29, 1.82) is 0 Å². The van der Waals surface area contributed by atoms with Crippen LogP contribution in [0, 0.1) is 11.6 Å². The summed E-state index contributed by atoms with van der Waals surface area (Å²) in [6, 6.07) is 10.6. The number of aryl methyl sites for hydroxylation is 1. The van der Waals surface area contributed by atoms with Crippen molar-refractivity contribution in [3.05, 3.63) is 59.1 Å². The third-order valence-electron chi connectivity index (χ3n) is 3.45. The second kappa shape index (κ2) is 8.01. The Morgan fingerprint density at radius 1 is 1.12 bits per heavy atom. The van der Waals surface area contributed by atoms with Gasteiger partial charge in [0, 0.05) is 18.2 Å². The number of nitrogens with one attached hydrogen (secondary N) is 1. The molecule has 0 bridgehead atoms. The number of nitrogens with zero attached hydrogens (tertiary/aromatic N) is 1. The summed E-state index contributed by atoms with van der Waals surface area (Å²) in [6.07, 6.45) is 0.515. The molecule has 0 unspecified atom stereocenters. The molecule has 1 aromatic heterocycles. The monoisotopic (exact) mass is 376 g/mol. The molecular weight excluding hydrogens is 362 g/mol. The van der Waals surface area contributed by atoms with Gasteiger partial charge in [-0.2, -0.15) is 0 Å². The smallest absolute Gasteiger partial charge is 0.306 e. The number of rotatable bonds is 6. The lowest BCUT2D eigenvalue weighted by atomic mass is 10.3. The second-order valence-corrected chi connectivity index (χ2v) is 6.53. The van der Waals surface area contributed by atoms with Gasteiger partial charge in [-0.1, -0.05) is 12.1 Å². The fourth-order valence-electron chi connectivity index (χ4n) is 2.23. The second-order valence-electron chi connectivity index (χ2n) is 5.41. The predicted molar refractivity (Wildman–Crippen MR) is 93.9 cm³/mol. The lowest BCUT2D eigenvalue weighted by Gasteiger charge is -2.06. The molecule has 0 atom stereocenters. The average Bonchev–Trinajstić information content (AvgIpc) is 3.04. The van der Waals surface area contributed by atoms with E-state index in [1.807, 2.05) is 24.3 Å². The van der Waals surface area contributed by atoms with Gasteiger partial charge in [-0.3, -0.25) is 9.59 Å². The van der Waals surface area contributed by atoms with E-state index >= 15 is 0 Å². The zero-order valence-corrected chi connectivity index (χ0v) is 14.3. The van der Waals surface area contributed by atoms with Crippen LogP contribution in [0.1, 0.15) is 11.4 Å². The minimum Gasteiger partial charge on any atom is -0.456 e. The first-order chi connectivity index (χ1) is 12.5. The minimum atomic E-state index is -1.07. The first-order valence-corrected chi connectivity index (χ1v) is 8.58. The van der Waals surface area contributed by atoms with Crippen molar-refractivity contribution in [2.75, 3.05) is 11.9 Å². The molecule has 0 spiro atoms. The average molecular weight is 376 g/mol. The highest BCUT2D eigenvalue weighted by Crippen LogP contribution is 2.22. The molecule has 1 amide bonds. The molecule has 0 aliphatic carbocycles. The minimum absolute atomic E-state index is 0.0828. The van der Waals surface area contributed by atoms with Gasteiger partial charge in [-0.15, -0.1) is 11.3 Å². The number of benzene rings is 2. The van der Waals surface area contributed by atoms with E-state index in [1.165, 1.54) is 17.4 Å². The molecule has 0 saturated heterocycles. The quantitative estimate of drug-likeness (QED) is 0.666. The van der Waals surface area contributed by atoms with Gasteiger partial charge < -0.3 is 10.1 Å². The van der Waals surface area contributed by atoms with Crippen molar-refractivity contribution in [3.8, 4) is 0 Å². The van der Waals surface area contributed by atoms with Crippen LogP contribution in [0.4, 0.5) is 14.5 Å². The molecule has 0 aliphatic heterocycles. The van der Waals surface area contributed by atoms with Crippen molar-refractivity contribution in [1.82, 2.24) is 4.98 Å². The van der Waals surface area contributed by atoms with Gasteiger partial charge >= 0.3 is 5.97 Å². The number of anilines is 1. The molecule has 0 aliphatic rings. The number of carbonyl (C=O) groups excluding carboxylic acids is 2. The summed E-state index contributed by atoms with van der Waals surface area (Å²) in [5.41, 5.74) is 0.964. The number of halogens is 2. The van der Waals surface area contributed by atoms with Crippen LogP contribution in [0.3, 0.4) is 0 Å². The maximum Gasteiger partial charge on any atom is 0.306 e. The summed E-state index contributed by atoms with van der Waals surface area (Å²) in [5, 5.41) is 3.14. The van der Waals surface area contributed by atoms with Crippen LogP contribution in [0.25, 0.3) is 10.2 Å². The van der Waals surface area contributed by atoms with E-state index in [4.69, 9.17) is 4.74 Å². The van der Waals surface area contributed by atoms with Gasteiger partial charge in [0.1, 0.15) is 0 Å². The van der Waals surface area contributed by atoms with Crippen LogP contribution in [-0.4, -0.2) is 23.5 Å². The molecule has 3 rings (SSSR count). The third-order valence-corrected chi connectivity index (χ3v) is 4.54. The zero-order valence-electron chi connectivity index (χ0n) is 13.5. The number of esters is 1. The number of ether oxygens (including phenoxy) is 1. The van der Waals surface area contributed by atoms with Gasteiger partial charge in [0.2, 0.25) is 0 Å². The SMILES string of the molecule is O=C(COC(=O)CCc1nc2ccccc2s1)Nc1ccc(F)c(F)c1. The maximum absolute atomic E-state index is 13.1. The van der Waals surface area contributed by atoms with Crippen LogP contribution < -0.4 is 5.32 Å². The first kappa shape index (κ1) is 17.9. The normalized spacial score (nSPS) is 10.7. The highest BCUT2D eigenvalue weighted by atomic mass is 32.1. The van der Waals surface area contributed by atoms with Crippen LogP contribution in [0.2, 0.25) is 0 Å². The Balaban J connectivity index is 1.44. The fraction of sp³-hybridized carbons (Fsp3) is 0.167. The highest BCUT2D eigenvalue weighted by molar-refractivity contribution is 7.18. The summed E-state index contributed by atoms with van der Waals surface area (Å²) in [6.45, 7) is -0.502. The van der Waals surface area contributed by atoms with Gasteiger partial charge in [-0.25, -0.2) is 13.8 Å². The molecule has 0 fully saturated rings. The largest absolute Gasteiger partial charge is 0.456 e. The molecule has 3 aromatic rings. The van der Waals surface area contributed by atoms with Crippen LogP contribution >= 0.6 is 11.3 Å². The number of para-hydroxylation sites is 1. The standard InChI is InChI=1S/C18H14F2N2O3S/c19-12-6-5-11(9-13(12)20)21-16(23)10-25-18(24)8-7-17-22-14-3-1-2-4-15(14)26-17/h1-6,9H,7-8,10H2,(H,21,23). The van der Waals surface area contributed by atoms with E-state index in [9.17, 15) is 18.4 Å². The van der Waals surface area contributed by atoms with Crippen molar-refractivity contribution >= 4 is 39.1 Å². The van der Waals surface area contributed by atoms with Crippen molar-refractivity contribution < 1.29 is 23.1 Å². The van der Waals surface area contributed by atoms with Crippen LogP contribution in [0.15, 0.2) is 42.5 Å². The van der Waals surface area contributed by atoms with Crippen molar-refractivity contribution in [2.24, 2.45) is 0 Å². The van der Waals surface area contributed by atoms with Gasteiger partial charge in [0.15, 0.2) is 18.2 Å². The van der Waals surface area contributed by atoms with Crippen molar-refractivity contribution in [3.63, 3.8) is 0 Å². The lowest BCUT2D eigenvalue weighted by molar-refractivity contribution is -0.147. The maximum atomic E-state index is 13.1. The summed E-state index contributed by atoms with van der Waals surface area (Å²) in [4.78, 5) is 27.9. The Labute approximate surface area is 151 Å². The molecule has 8 heteroatoms. The highest BCUT2D eigenvalue weighted by Gasteiger charge is 2.11. The van der Waals surface area contributed by atoms with E-state index in [1.54, 1.807) is 0 Å². The molecule has 0 saturated carbocycles. The van der Waals surface area contributed by atoms with Crippen LogP contribution in [0.5, 0.6) is 0 Å². The summed E-state index contributed by atoms with van der Waals surface area (Å²) in [7, 11) is 0. The predicted octanol–water partition coefficient (Wildman–Crippen LogP) is 3.69. The molecular formula is C18H14F2N2O3S. The Kier molecular flexibility index (Phi) is 5.52. The third kappa shape index (κ3) is 4.60. The van der Waals surface area contributed by atoms with Gasteiger partial charge in [0.25, 0.3) is 5.91 Å². The Morgan fingerprint density at radius 3 is 2.69 bits per heavy atom. The molecule has 134 valence electrons. The van der Waals surface area contributed by atoms with Crippen LogP contribution in [-0.2, 0) is 20.7 Å². The molecule has 26 heavy (non-hydrogen) atoms. The molecule has 2 aromatic carbocycles. The lowest BCUT2D eigenvalue weighted by Crippen LogP contribution is -2.21. The number of aromatic nitrogens is 1. The topological polar surface area (TPSA) is 68.3 Å². The molecule has 1 heterocycles. The number of amides is 1. The Hall–Kier alpha value is -2.87. The molecule has 1 N–H and O–H groups in total. The number of carbonyl (C=O) groups is 2. The van der Waals surface area contributed by atoms with E-state index in [0.717, 1.165) is 27.4 Å². The first-order valence-electron chi connectivity index (χ1n) is 7.76. The summed E-state index contributed by atoms with van der Waals surface area (Å²) in [5.74, 6) is -3.26. The Bertz CT molecular complexity index is 926. The summed E-state index contributed by atoms with van der Waals surface area (Å²) >= 11 is 1.50. The number of hydrogen-bond acceptors (Lipinski definition) is 5. The number of fused-ring (bicyclic) bond motifs is 1. The van der Waals surface area contributed by atoms with Gasteiger partial charge in [-0.05, 0) is 24.3 Å². The molecule has 0 radical (unpaired) electrons. The van der Waals surface area contributed by atoms with E-state index < -0.39 is 30.1 Å². The zero-order chi connectivity index (χ0) is 18.5. The number of thiazole rings is 1. The van der Waals surface area contributed by atoms with Gasteiger partial charge in [0.05, 0.1) is 21.6 Å². The number of hydrogen-bond donors (Lipinski definition) is 1. The van der Waals surface area contributed by atoms with E-state index in [-0.39, 0.29) is 12.1 Å². The Morgan fingerprint density at radius 2 is 1.92 bits per heavy atom. The summed E-state index contributed by atoms with van der Waals surface area (Å²) < 4.78 is 31.8. The molecule has 5 nitrogen and oxygen atoms in total. The van der Waals surface area contributed by atoms with Crippen molar-refractivity contribution in [2.45, 2.75) is 12.8 Å². The fourth-order valence-corrected chi connectivity index (χ4v) is 3.19. The van der Waals surface area contributed by atoms with E-state index in [2.05, 4.69) is 10.3 Å². The van der Waals surface area contributed by atoms with E-state index in [0.29, 0.717) is 6.42 Å².